The Bertz CT molecular complexity index is 2390. The number of hydrogen-bond donors (Lipinski definition) is 0. The molecule has 0 saturated carbocycles. The first-order chi connectivity index (χ1) is 25.4. The van der Waals surface area contributed by atoms with E-state index in [0.717, 1.165) is 27.8 Å². The van der Waals surface area contributed by atoms with Gasteiger partial charge in [-0.15, -0.1) is 0 Å². The molecule has 250 valence electrons. The van der Waals surface area contributed by atoms with E-state index in [0.29, 0.717) is 17.5 Å². The van der Waals surface area contributed by atoms with E-state index in [1.54, 1.807) is 0 Å². The van der Waals surface area contributed by atoms with Crippen LogP contribution in [0.15, 0.2) is 182 Å². The fraction of sp³-hybridized carbons (Fsp3) is 0.0625. The predicted octanol–water partition coefficient (Wildman–Crippen LogP) is 12.1. The maximum Gasteiger partial charge on any atom is 0.164 e. The zero-order chi connectivity index (χ0) is 35.5. The van der Waals surface area contributed by atoms with Crippen LogP contribution >= 0.6 is 0 Å². The first-order valence-corrected chi connectivity index (χ1v) is 21.3. The van der Waals surface area contributed by atoms with Crippen molar-refractivity contribution in [3.8, 4) is 78.7 Å². The van der Waals surface area contributed by atoms with Crippen molar-refractivity contribution >= 4 is 13.3 Å². The normalized spacial score (nSPS) is 11.4. The summed E-state index contributed by atoms with van der Waals surface area (Å²) in [7, 11) is -1.31. The van der Waals surface area contributed by atoms with Crippen LogP contribution in [0, 0.1) is 0 Å². The van der Waals surface area contributed by atoms with Gasteiger partial charge in [0.25, 0.3) is 0 Å². The molecule has 0 N–H and O–H groups in total. The van der Waals surface area contributed by atoms with Crippen molar-refractivity contribution in [2.75, 3.05) is 0 Å². The molecule has 1 aromatic heterocycles. The summed E-state index contributed by atoms with van der Waals surface area (Å²) in [5.74, 6) is 1.96. The molecule has 0 spiro atoms. The summed E-state index contributed by atoms with van der Waals surface area (Å²) in [6.45, 7) is 7.17. The Morgan fingerprint density at radius 2 is 0.558 bits per heavy atom. The lowest BCUT2D eigenvalue weighted by molar-refractivity contribution is 1.07. The predicted molar refractivity (Wildman–Crippen MR) is 221 cm³/mol. The second-order valence-corrected chi connectivity index (χ2v) is 19.3. The minimum Gasteiger partial charge on any atom is -0.208 e. The molecular weight excluding hydrogens is 647 g/mol. The van der Waals surface area contributed by atoms with Gasteiger partial charge in [0.2, 0.25) is 0 Å². The second kappa shape index (κ2) is 14.2. The Labute approximate surface area is 307 Å². The molecule has 0 saturated heterocycles. The molecule has 0 atom stereocenters. The molecule has 0 bridgehead atoms. The maximum absolute atomic E-state index is 4.94. The van der Waals surface area contributed by atoms with Crippen LogP contribution in [0.4, 0.5) is 0 Å². The molecule has 0 aliphatic heterocycles. The van der Waals surface area contributed by atoms with E-state index < -0.39 is 8.07 Å². The van der Waals surface area contributed by atoms with Crippen LogP contribution in [-0.2, 0) is 0 Å². The van der Waals surface area contributed by atoms with E-state index >= 15 is 0 Å². The average Bonchev–Trinajstić information content (AvgIpc) is 3.21. The first-order valence-electron chi connectivity index (χ1n) is 17.8. The highest BCUT2D eigenvalue weighted by Crippen LogP contribution is 2.32. The Balaban J connectivity index is 1.05. The van der Waals surface area contributed by atoms with Crippen LogP contribution in [0.5, 0.6) is 0 Å². The van der Waals surface area contributed by atoms with Gasteiger partial charge in [-0.3, -0.25) is 0 Å². The van der Waals surface area contributed by atoms with Gasteiger partial charge in [-0.25, -0.2) is 15.0 Å². The van der Waals surface area contributed by atoms with Crippen LogP contribution < -0.4 is 5.19 Å². The summed E-state index contributed by atoms with van der Waals surface area (Å²) >= 11 is 0. The van der Waals surface area contributed by atoms with Crippen molar-refractivity contribution in [1.82, 2.24) is 15.0 Å². The summed E-state index contributed by atoms with van der Waals surface area (Å²) in [5.41, 5.74) is 12.4. The highest BCUT2D eigenvalue weighted by Gasteiger charge is 2.16. The third-order valence-electron chi connectivity index (χ3n) is 9.54. The van der Waals surface area contributed by atoms with Gasteiger partial charge in [0.1, 0.15) is 0 Å². The fourth-order valence-corrected chi connectivity index (χ4v) is 7.69. The zero-order valence-electron chi connectivity index (χ0n) is 29.7. The number of aromatic nitrogens is 3. The number of benzene rings is 7. The molecule has 8 rings (SSSR count). The largest absolute Gasteiger partial charge is 0.208 e. The van der Waals surface area contributed by atoms with Crippen molar-refractivity contribution < 1.29 is 0 Å². The van der Waals surface area contributed by atoms with E-state index in [1.807, 2.05) is 60.7 Å². The van der Waals surface area contributed by atoms with Gasteiger partial charge in [-0.2, -0.15) is 0 Å². The quantitative estimate of drug-likeness (QED) is 0.149. The second-order valence-electron chi connectivity index (χ2n) is 14.2. The Morgan fingerprint density at radius 3 is 0.962 bits per heavy atom. The topological polar surface area (TPSA) is 38.7 Å². The van der Waals surface area contributed by atoms with Crippen LogP contribution in [0.2, 0.25) is 19.6 Å². The standard InChI is InChI=1S/C48H39N3Si/c1-52(2,3)45-30-28-37(29-31-45)36-22-20-34(21-23-36)35-24-26-38(27-25-35)41-16-10-17-42(32-41)43-18-11-19-44(33-43)48-50-46(39-12-6-4-7-13-39)49-47(51-48)40-14-8-5-9-15-40/h4-33H,1-3H3. The fourth-order valence-electron chi connectivity index (χ4n) is 6.53. The van der Waals surface area contributed by atoms with Crippen LogP contribution in [0.1, 0.15) is 0 Å². The Morgan fingerprint density at radius 1 is 0.269 bits per heavy atom. The van der Waals surface area contributed by atoms with E-state index in [4.69, 9.17) is 15.0 Å². The van der Waals surface area contributed by atoms with Gasteiger partial charge >= 0.3 is 0 Å². The SMILES string of the molecule is C[Si](C)(C)c1ccc(-c2ccc(-c3ccc(-c4cccc(-c5cccc(-c6nc(-c7ccccc7)nc(-c7ccccc7)n6)c5)c4)cc3)cc2)cc1. The first kappa shape index (κ1) is 32.9. The van der Waals surface area contributed by atoms with Gasteiger partial charge in [0.05, 0.1) is 8.07 Å². The lowest BCUT2D eigenvalue weighted by atomic mass is 9.96. The smallest absolute Gasteiger partial charge is 0.164 e. The van der Waals surface area contributed by atoms with Gasteiger partial charge in [0, 0.05) is 16.7 Å². The van der Waals surface area contributed by atoms with Gasteiger partial charge < -0.3 is 0 Å². The molecule has 0 aliphatic rings. The zero-order valence-corrected chi connectivity index (χ0v) is 30.7. The average molecular weight is 686 g/mol. The highest BCUT2D eigenvalue weighted by atomic mass is 28.3. The van der Waals surface area contributed by atoms with Crippen LogP contribution in [0.25, 0.3) is 78.7 Å². The molecule has 4 heteroatoms. The highest BCUT2D eigenvalue weighted by molar-refractivity contribution is 6.88. The summed E-state index contributed by atoms with van der Waals surface area (Å²) < 4.78 is 0. The number of nitrogens with zero attached hydrogens (tertiary/aromatic N) is 3. The monoisotopic (exact) mass is 685 g/mol. The lowest BCUT2D eigenvalue weighted by Gasteiger charge is -2.16. The van der Waals surface area contributed by atoms with Crippen LogP contribution in [-0.4, -0.2) is 23.0 Å². The molecule has 52 heavy (non-hydrogen) atoms. The molecule has 0 amide bonds. The Kier molecular flexibility index (Phi) is 8.98. The summed E-state index contributed by atoms with van der Waals surface area (Å²) in [4.78, 5) is 14.7. The van der Waals surface area contributed by atoms with E-state index in [1.165, 1.54) is 38.6 Å². The van der Waals surface area contributed by atoms with Crippen molar-refractivity contribution in [2.45, 2.75) is 19.6 Å². The Hall–Kier alpha value is -6.23. The molecule has 1 heterocycles. The molecule has 3 nitrogen and oxygen atoms in total. The van der Waals surface area contributed by atoms with Crippen LogP contribution in [0.3, 0.4) is 0 Å². The molecule has 0 fully saturated rings. The van der Waals surface area contributed by atoms with Crippen molar-refractivity contribution in [3.63, 3.8) is 0 Å². The molecular formula is C48H39N3Si. The lowest BCUT2D eigenvalue weighted by Crippen LogP contribution is -2.37. The van der Waals surface area contributed by atoms with E-state index in [2.05, 4.69) is 141 Å². The third kappa shape index (κ3) is 7.16. The molecule has 0 radical (unpaired) electrons. The van der Waals surface area contributed by atoms with Gasteiger partial charge in [-0.1, -0.05) is 195 Å². The number of hydrogen-bond acceptors (Lipinski definition) is 3. The minimum absolute atomic E-state index is 0.647. The molecule has 0 unspecified atom stereocenters. The van der Waals surface area contributed by atoms with Gasteiger partial charge in [-0.05, 0) is 56.6 Å². The summed E-state index contributed by atoms with van der Waals surface area (Å²) in [6.07, 6.45) is 0. The summed E-state index contributed by atoms with van der Waals surface area (Å²) in [5, 5.41) is 1.49. The summed E-state index contributed by atoms with van der Waals surface area (Å²) in [6, 6.07) is 64.3. The minimum atomic E-state index is -1.31. The third-order valence-corrected chi connectivity index (χ3v) is 11.6. The molecule has 8 aromatic rings. The van der Waals surface area contributed by atoms with Gasteiger partial charge in [0.15, 0.2) is 17.5 Å². The van der Waals surface area contributed by atoms with E-state index in [9.17, 15) is 0 Å². The van der Waals surface area contributed by atoms with E-state index in [-0.39, 0.29) is 0 Å². The van der Waals surface area contributed by atoms with Crippen molar-refractivity contribution in [3.05, 3.63) is 182 Å². The van der Waals surface area contributed by atoms with Crippen molar-refractivity contribution in [1.29, 1.82) is 0 Å². The molecule has 0 aliphatic carbocycles. The molecule has 7 aromatic carbocycles. The number of rotatable bonds is 8. The maximum atomic E-state index is 4.94. The van der Waals surface area contributed by atoms with Crippen molar-refractivity contribution in [2.24, 2.45) is 0 Å².